The highest BCUT2D eigenvalue weighted by Gasteiger charge is 2.25. The molecule has 2 aromatic carbocycles. The third-order valence-electron chi connectivity index (χ3n) is 4.32. The predicted molar refractivity (Wildman–Crippen MR) is 89.4 cm³/mol. The van der Waals surface area contributed by atoms with Crippen molar-refractivity contribution in [1.82, 2.24) is 15.1 Å². The van der Waals surface area contributed by atoms with E-state index >= 15 is 0 Å². The number of hydrogen-bond acceptors (Lipinski definition) is 4. The van der Waals surface area contributed by atoms with E-state index in [1.165, 1.54) is 11.1 Å². The van der Waals surface area contributed by atoms with Gasteiger partial charge in [0.2, 0.25) is 5.89 Å². The number of benzene rings is 2. The quantitative estimate of drug-likeness (QED) is 0.727. The Morgan fingerprint density at radius 1 is 1.04 bits per heavy atom. The molecule has 1 aromatic heterocycles. The van der Waals surface area contributed by atoms with E-state index in [1.807, 2.05) is 43.3 Å². The van der Waals surface area contributed by atoms with E-state index in [1.54, 1.807) is 4.90 Å². The second-order valence-corrected chi connectivity index (χ2v) is 6.02. The largest absolute Gasteiger partial charge is 0.412 e. The van der Waals surface area contributed by atoms with Gasteiger partial charge in [-0.1, -0.05) is 42.0 Å². The standard InChI is InChI=1S/C19H17N3O2/c1-13-6-8-15(9-7-13)17-20-21-18(24-17)19(23)22-11-10-14-4-2-3-5-16(14)12-22/h2-9H,10-12H2,1H3. The summed E-state index contributed by atoms with van der Waals surface area (Å²) < 4.78 is 5.60. The molecule has 120 valence electrons. The summed E-state index contributed by atoms with van der Waals surface area (Å²) in [6.07, 6.45) is 0.848. The predicted octanol–water partition coefficient (Wildman–Crippen LogP) is 3.24. The lowest BCUT2D eigenvalue weighted by atomic mass is 10.00. The van der Waals surface area contributed by atoms with Crippen LogP contribution in [-0.2, 0) is 13.0 Å². The van der Waals surface area contributed by atoms with Crippen LogP contribution < -0.4 is 0 Å². The van der Waals surface area contributed by atoms with E-state index in [9.17, 15) is 4.79 Å². The Morgan fingerprint density at radius 3 is 2.58 bits per heavy atom. The van der Waals surface area contributed by atoms with Crippen molar-refractivity contribution in [2.24, 2.45) is 0 Å². The van der Waals surface area contributed by atoms with Crippen LogP contribution >= 0.6 is 0 Å². The molecule has 4 rings (SSSR count). The van der Waals surface area contributed by atoms with Crippen LogP contribution in [0.2, 0.25) is 0 Å². The summed E-state index contributed by atoms with van der Waals surface area (Å²) >= 11 is 0. The van der Waals surface area contributed by atoms with Gasteiger partial charge in [0.05, 0.1) is 0 Å². The van der Waals surface area contributed by atoms with Crippen LogP contribution in [0.3, 0.4) is 0 Å². The van der Waals surface area contributed by atoms with Crippen molar-refractivity contribution < 1.29 is 9.21 Å². The van der Waals surface area contributed by atoms with Crippen LogP contribution in [0, 0.1) is 6.92 Å². The number of aromatic nitrogens is 2. The number of amides is 1. The van der Waals surface area contributed by atoms with Crippen LogP contribution in [0.1, 0.15) is 27.4 Å². The number of carbonyl (C=O) groups is 1. The van der Waals surface area contributed by atoms with Gasteiger partial charge in [0.25, 0.3) is 0 Å². The van der Waals surface area contributed by atoms with Gasteiger partial charge in [0.15, 0.2) is 0 Å². The van der Waals surface area contributed by atoms with Crippen molar-refractivity contribution in [2.45, 2.75) is 19.9 Å². The summed E-state index contributed by atoms with van der Waals surface area (Å²) in [6, 6.07) is 16.0. The molecule has 0 N–H and O–H groups in total. The first kappa shape index (κ1) is 14.6. The molecule has 0 aliphatic carbocycles. The van der Waals surface area contributed by atoms with Crippen molar-refractivity contribution in [2.75, 3.05) is 6.54 Å². The highest BCUT2D eigenvalue weighted by atomic mass is 16.4. The van der Waals surface area contributed by atoms with Crippen molar-refractivity contribution >= 4 is 5.91 Å². The van der Waals surface area contributed by atoms with Crippen LogP contribution in [0.4, 0.5) is 0 Å². The Bertz CT molecular complexity index is 884. The van der Waals surface area contributed by atoms with Gasteiger partial charge in [-0.05, 0) is 36.6 Å². The van der Waals surface area contributed by atoms with Gasteiger partial charge >= 0.3 is 11.8 Å². The van der Waals surface area contributed by atoms with Crippen molar-refractivity contribution in [3.05, 3.63) is 71.1 Å². The van der Waals surface area contributed by atoms with E-state index in [2.05, 4.69) is 22.3 Å². The third kappa shape index (κ3) is 2.69. The Balaban J connectivity index is 1.55. The van der Waals surface area contributed by atoms with Gasteiger partial charge in [-0.15, -0.1) is 10.2 Å². The number of fused-ring (bicyclic) bond motifs is 1. The number of nitrogens with zero attached hydrogens (tertiary/aromatic N) is 3. The lowest BCUT2D eigenvalue weighted by Crippen LogP contribution is -2.36. The molecule has 5 heteroatoms. The van der Waals surface area contributed by atoms with Gasteiger partial charge in [0, 0.05) is 18.7 Å². The van der Waals surface area contributed by atoms with Crippen molar-refractivity contribution in [1.29, 1.82) is 0 Å². The number of carbonyl (C=O) groups excluding carboxylic acids is 1. The maximum atomic E-state index is 12.6. The lowest BCUT2D eigenvalue weighted by Gasteiger charge is -2.27. The van der Waals surface area contributed by atoms with Gasteiger partial charge in [-0.3, -0.25) is 4.79 Å². The Hall–Kier alpha value is -2.95. The molecule has 1 amide bonds. The molecule has 5 nitrogen and oxygen atoms in total. The molecule has 0 fully saturated rings. The lowest BCUT2D eigenvalue weighted by molar-refractivity contribution is 0.0695. The van der Waals surface area contributed by atoms with Gasteiger partial charge in [-0.25, -0.2) is 0 Å². The molecular weight excluding hydrogens is 302 g/mol. The maximum Gasteiger partial charge on any atom is 0.311 e. The van der Waals surface area contributed by atoms with Crippen LogP contribution in [0.15, 0.2) is 52.9 Å². The average Bonchev–Trinajstić information content (AvgIpc) is 3.11. The molecule has 3 aromatic rings. The first-order valence-electron chi connectivity index (χ1n) is 7.97. The smallest absolute Gasteiger partial charge is 0.311 e. The molecule has 1 aliphatic rings. The minimum atomic E-state index is -0.213. The summed E-state index contributed by atoms with van der Waals surface area (Å²) in [7, 11) is 0. The van der Waals surface area contributed by atoms with Crippen LogP contribution in [-0.4, -0.2) is 27.5 Å². The van der Waals surface area contributed by atoms with E-state index in [-0.39, 0.29) is 11.8 Å². The minimum Gasteiger partial charge on any atom is -0.412 e. The summed E-state index contributed by atoms with van der Waals surface area (Å²) in [4.78, 5) is 14.4. The highest BCUT2D eigenvalue weighted by molar-refractivity contribution is 5.90. The first-order valence-corrected chi connectivity index (χ1v) is 7.97. The molecule has 2 heterocycles. The number of hydrogen-bond donors (Lipinski definition) is 0. The van der Waals surface area contributed by atoms with E-state index < -0.39 is 0 Å². The number of rotatable bonds is 2. The zero-order chi connectivity index (χ0) is 16.5. The third-order valence-corrected chi connectivity index (χ3v) is 4.32. The average molecular weight is 319 g/mol. The SMILES string of the molecule is Cc1ccc(-c2nnc(C(=O)N3CCc4ccccc4C3)o2)cc1. The maximum absolute atomic E-state index is 12.6. The Kier molecular flexibility index (Phi) is 3.61. The molecular formula is C19H17N3O2. The highest BCUT2D eigenvalue weighted by Crippen LogP contribution is 2.22. The summed E-state index contributed by atoms with van der Waals surface area (Å²) in [5.74, 6) is 0.205. The minimum absolute atomic E-state index is 0.0463. The van der Waals surface area contributed by atoms with Crippen molar-refractivity contribution in [3.8, 4) is 11.5 Å². The zero-order valence-corrected chi connectivity index (χ0v) is 13.4. The van der Waals surface area contributed by atoms with E-state index in [0.29, 0.717) is 19.0 Å². The van der Waals surface area contributed by atoms with Crippen LogP contribution in [0.5, 0.6) is 0 Å². The molecule has 0 atom stereocenters. The second kappa shape index (κ2) is 5.92. The topological polar surface area (TPSA) is 59.2 Å². The fourth-order valence-corrected chi connectivity index (χ4v) is 2.93. The fourth-order valence-electron chi connectivity index (χ4n) is 2.93. The summed E-state index contributed by atoms with van der Waals surface area (Å²) in [5, 5.41) is 7.95. The molecule has 0 radical (unpaired) electrons. The normalized spacial score (nSPS) is 13.6. The molecule has 0 bridgehead atoms. The fraction of sp³-hybridized carbons (Fsp3) is 0.211. The molecule has 1 aliphatic heterocycles. The number of aryl methyl sites for hydroxylation is 1. The van der Waals surface area contributed by atoms with E-state index in [0.717, 1.165) is 17.5 Å². The molecule has 0 saturated heterocycles. The van der Waals surface area contributed by atoms with Gasteiger partial charge < -0.3 is 9.32 Å². The summed E-state index contributed by atoms with van der Waals surface area (Å²) in [5.41, 5.74) is 4.44. The monoisotopic (exact) mass is 319 g/mol. The van der Waals surface area contributed by atoms with Crippen LogP contribution in [0.25, 0.3) is 11.5 Å². The zero-order valence-electron chi connectivity index (χ0n) is 13.4. The molecule has 0 unspecified atom stereocenters. The van der Waals surface area contributed by atoms with Crippen molar-refractivity contribution in [3.63, 3.8) is 0 Å². The van der Waals surface area contributed by atoms with E-state index in [4.69, 9.17) is 4.42 Å². The molecule has 0 saturated carbocycles. The first-order chi connectivity index (χ1) is 11.7. The molecule has 24 heavy (non-hydrogen) atoms. The van der Waals surface area contributed by atoms with Gasteiger partial charge in [-0.2, -0.15) is 0 Å². The Morgan fingerprint density at radius 2 is 1.79 bits per heavy atom. The second-order valence-electron chi connectivity index (χ2n) is 6.02. The van der Waals surface area contributed by atoms with Gasteiger partial charge in [0.1, 0.15) is 0 Å². The molecule has 0 spiro atoms. The Labute approximate surface area is 139 Å². The summed E-state index contributed by atoms with van der Waals surface area (Å²) in [6.45, 7) is 3.26.